The van der Waals surface area contributed by atoms with Crippen LogP contribution in [0.2, 0.25) is 0 Å². The lowest BCUT2D eigenvalue weighted by Crippen LogP contribution is -2.27. The summed E-state index contributed by atoms with van der Waals surface area (Å²) in [6, 6.07) is 0. The molecule has 21 heavy (non-hydrogen) atoms. The number of rotatable bonds is 2. The molecule has 1 atom stereocenters. The van der Waals surface area contributed by atoms with Crippen molar-refractivity contribution >= 4 is 21.6 Å². The van der Waals surface area contributed by atoms with Crippen LogP contribution in [0.4, 0.5) is 0 Å². The van der Waals surface area contributed by atoms with E-state index in [0.717, 1.165) is 35.9 Å². The lowest BCUT2D eigenvalue weighted by Gasteiger charge is -2.33. The van der Waals surface area contributed by atoms with Crippen molar-refractivity contribution in [2.75, 3.05) is 0 Å². The average Bonchev–Trinajstić information content (AvgIpc) is 2.79. The van der Waals surface area contributed by atoms with Gasteiger partial charge >= 0.3 is 0 Å². The van der Waals surface area contributed by atoms with Gasteiger partial charge in [-0.15, -0.1) is 16.4 Å². The van der Waals surface area contributed by atoms with E-state index < -0.39 is 0 Å². The van der Waals surface area contributed by atoms with Crippen LogP contribution in [0.5, 0.6) is 0 Å². The highest BCUT2D eigenvalue weighted by molar-refractivity contribution is 7.18. The number of fused-ring (bicyclic) bond motifs is 3. The highest BCUT2D eigenvalue weighted by atomic mass is 32.1. The second kappa shape index (κ2) is 5.20. The fourth-order valence-electron chi connectivity index (χ4n) is 3.22. The first-order valence-electron chi connectivity index (χ1n) is 7.80. The van der Waals surface area contributed by atoms with E-state index in [2.05, 4.69) is 38.0 Å². The maximum atomic E-state index is 12.6. The molecule has 0 saturated carbocycles. The zero-order valence-corrected chi connectivity index (χ0v) is 14.1. The van der Waals surface area contributed by atoms with Crippen molar-refractivity contribution in [3.63, 3.8) is 0 Å². The third kappa shape index (κ3) is 2.52. The van der Waals surface area contributed by atoms with E-state index in [1.807, 2.05) is 0 Å². The van der Waals surface area contributed by atoms with Gasteiger partial charge in [0.05, 0.1) is 5.39 Å². The van der Waals surface area contributed by atoms with Crippen LogP contribution in [0.15, 0.2) is 4.79 Å². The zero-order valence-electron chi connectivity index (χ0n) is 13.3. The fourth-order valence-corrected chi connectivity index (χ4v) is 4.46. The molecule has 5 heteroatoms. The number of hydrogen-bond donors (Lipinski definition) is 0. The van der Waals surface area contributed by atoms with Gasteiger partial charge in [0.15, 0.2) is 4.83 Å². The van der Waals surface area contributed by atoms with Gasteiger partial charge in [0.2, 0.25) is 0 Å². The maximum absolute atomic E-state index is 12.6. The van der Waals surface area contributed by atoms with Crippen LogP contribution < -0.4 is 5.56 Å². The Labute approximate surface area is 129 Å². The van der Waals surface area contributed by atoms with Crippen molar-refractivity contribution in [3.8, 4) is 0 Å². The van der Waals surface area contributed by atoms with Crippen molar-refractivity contribution in [1.82, 2.24) is 15.0 Å². The van der Waals surface area contributed by atoms with Gasteiger partial charge in [-0.05, 0) is 42.6 Å². The maximum Gasteiger partial charge on any atom is 0.278 e. The van der Waals surface area contributed by atoms with Crippen LogP contribution in [-0.2, 0) is 19.4 Å². The highest BCUT2D eigenvalue weighted by Crippen LogP contribution is 2.41. The van der Waals surface area contributed by atoms with E-state index in [-0.39, 0.29) is 5.56 Å². The van der Waals surface area contributed by atoms with Gasteiger partial charge in [-0.2, -0.15) is 0 Å². The summed E-state index contributed by atoms with van der Waals surface area (Å²) in [6.45, 7) is 9.63. The van der Waals surface area contributed by atoms with Crippen LogP contribution in [0.3, 0.4) is 0 Å². The highest BCUT2D eigenvalue weighted by Gasteiger charge is 2.31. The van der Waals surface area contributed by atoms with E-state index in [4.69, 9.17) is 0 Å². The largest absolute Gasteiger partial charge is 0.278 e. The van der Waals surface area contributed by atoms with Crippen LogP contribution in [-0.4, -0.2) is 15.0 Å². The lowest BCUT2D eigenvalue weighted by atomic mass is 9.72. The Balaban J connectivity index is 2.08. The number of hydrogen-bond acceptors (Lipinski definition) is 4. The Kier molecular flexibility index (Phi) is 3.64. The monoisotopic (exact) mass is 305 g/mol. The average molecular weight is 305 g/mol. The third-order valence-corrected chi connectivity index (χ3v) is 5.74. The fraction of sp³-hybridized carbons (Fsp3) is 0.688. The first-order chi connectivity index (χ1) is 9.91. The molecule has 0 saturated heterocycles. The Morgan fingerprint density at radius 3 is 2.81 bits per heavy atom. The van der Waals surface area contributed by atoms with E-state index in [1.54, 1.807) is 11.3 Å². The minimum Gasteiger partial charge on any atom is -0.267 e. The number of aryl methyl sites for hydroxylation is 2. The Morgan fingerprint density at radius 2 is 2.14 bits per heavy atom. The lowest BCUT2D eigenvalue weighted by molar-refractivity contribution is 0.218. The van der Waals surface area contributed by atoms with Gasteiger partial charge < -0.3 is 0 Å². The van der Waals surface area contributed by atoms with E-state index in [0.29, 0.717) is 17.9 Å². The predicted octanol–water partition coefficient (Wildman–Crippen LogP) is 3.41. The molecule has 0 amide bonds. The molecular weight excluding hydrogens is 282 g/mol. The first kappa shape index (κ1) is 14.7. The summed E-state index contributed by atoms with van der Waals surface area (Å²) in [5.74, 6) is 0.684. The molecule has 0 aliphatic heterocycles. The van der Waals surface area contributed by atoms with Gasteiger partial charge in [0.25, 0.3) is 5.56 Å². The minimum absolute atomic E-state index is 0.0496. The molecule has 0 fully saturated rings. The second-order valence-electron chi connectivity index (χ2n) is 7.11. The SMILES string of the molecule is CCCn1nnc2sc3c(c2c1=O)CC[C@H](C(C)(C)C)C3. The summed E-state index contributed by atoms with van der Waals surface area (Å²) in [5.41, 5.74) is 1.62. The Bertz CT molecular complexity index is 723. The summed E-state index contributed by atoms with van der Waals surface area (Å²) < 4.78 is 1.52. The molecule has 1 aliphatic rings. The molecule has 1 aliphatic carbocycles. The summed E-state index contributed by atoms with van der Waals surface area (Å²) in [4.78, 5) is 14.8. The molecule has 4 nitrogen and oxygen atoms in total. The van der Waals surface area contributed by atoms with Crippen molar-refractivity contribution in [2.45, 2.75) is 59.9 Å². The van der Waals surface area contributed by atoms with E-state index in [9.17, 15) is 4.79 Å². The summed E-state index contributed by atoms with van der Waals surface area (Å²) in [6.07, 6.45) is 4.15. The molecular formula is C16H23N3OS. The molecule has 0 unspecified atom stereocenters. The van der Waals surface area contributed by atoms with Crippen molar-refractivity contribution < 1.29 is 0 Å². The van der Waals surface area contributed by atoms with Gasteiger partial charge in [-0.3, -0.25) is 4.79 Å². The molecule has 0 radical (unpaired) electrons. The number of aromatic nitrogens is 3. The number of nitrogens with zero attached hydrogens (tertiary/aromatic N) is 3. The molecule has 0 bridgehead atoms. The molecule has 3 rings (SSSR count). The molecule has 2 aromatic rings. The smallest absolute Gasteiger partial charge is 0.267 e. The van der Waals surface area contributed by atoms with Crippen molar-refractivity contribution in [3.05, 3.63) is 20.8 Å². The van der Waals surface area contributed by atoms with E-state index >= 15 is 0 Å². The Hall–Kier alpha value is -1.23. The van der Waals surface area contributed by atoms with Crippen LogP contribution >= 0.6 is 11.3 Å². The molecule has 0 spiro atoms. The van der Waals surface area contributed by atoms with Crippen molar-refractivity contribution in [2.24, 2.45) is 11.3 Å². The van der Waals surface area contributed by atoms with Crippen LogP contribution in [0.1, 0.15) is 51.0 Å². The van der Waals surface area contributed by atoms with Crippen LogP contribution in [0.25, 0.3) is 10.2 Å². The van der Waals surface area contributed by atoms with Gasteiger partial charge in [-0.1, -0.05) is 32.9 Å². The molecule has 0 aromatic carbocycles. The standard InChI is InChI=1S/C16H23N3OS/c1-5-8-19-15(20)13-11-7-6-10(16(2,3)4)9-12(11)21-14(13)17-18-19/h10H,5-9H2,1-4H3/t10-/m0/s1. The molecule has 2 aromatic heterocycles. The molecule has 114 valence electrons. The minimum atomic E-state index is 0.0496. The van der Waals surface area contributed by atoms with Gasteiger partial charge in [-0.25, -0.2) is 4.68 Å². The summed E-state index contributed by atoms with van der Waals surface area (Å²) >= 11 is 1.67. The number of thiophene rings is 1. The van der Waals surface area contributed by atoms with E-state index in [1.165, 1.54) is 15.1 Å². The van der Waals surface area contributed by atoms with Gasteiger partial charge in [0.1, 0.15) is 0 Å². The normalized spacial score (nSPS) is 19.0. The topological polar surface area (TPSA) is 47.8 Å². The van der Waals surface area contributed by atoms with Crippen LogP contribution in [0, 0.1) is 11.3 Å². The summed E-state index contributed by atoms with van der Waals surface area (Å²) in [5, 5.41) is 9.19. The molecule has 0 N–H and O–H groups in total. The Morgan fingerprint density at radius 1 is 1.38 bits per heavy atom. The van der Waals surface area contributed by atoms with Gasteiger partial charge in [0, 0.05) is 11.4 Å². The van der Waals surface area contributed by atoms with Crippen molar-refractivity contribution in [1.29, 1.82) is 0 Å². The summed E-state index contributed by atoms with van der Waals surface area (Å²) in [7, 11) is 0. The second-order valence-corrected chi connectivity index (χ2v) is 8.19. The third-order valence-electron chi connectivity index (χ3n) is 4.60. The predicted molar refractivity (Wildman–Crippen MR) is 86.9 cm³/mol. The quantitative estimate of drug-likeness (QED) is 0.854. The zero-order chi connectivity index (χ0) is 15.2. The first-order valence-corrected chi connectivity index (χ1v) is 8.61. The molecule has 2 heterocycles.